The van der Waals surface area contributed by atoms with Crippen LogP contribution in [0.2, 0.25) is 0 Å². The molecular formula is C24H33N5O6S. The Labute approximate surface area is 211 Å². The Hall–Kier alpha value is -3.12. The molecule has 2 aromatic rings. The van der Waals surface area contributed by atoms with Gasteiger partial charge in [-0.25, -0.2) is 22.9 Å². The number of ether oxygens (including phenoxy) is 3. The van der Waals surface area contributed by atoms with Crippen LogP contribution in [0, 0.1) is 0 Å². The fourth-order valence-electron chi connectivity index (χ4n) is 4.93. The molecule has 0 bridgehead atoms. The van der Waals surface area contributed by atoms with E-state index in [9.17, 15) is 13.2 Å². The van der Waals surface area contributed by atoms with Gasteiger partial charge in [0.25, 0.3) is 10.0 Å². The first-order chi connectivity index (χ1) is 16.9. The minimum atomic E-state index is -3.85. The number of carbonyl (C=O) groups is 1. The molecule has 0 aliphatic heterocycles. The highest BCUT2D eigenvalue weighted by molar-refractivity contribution is 7.93. The molecule has 0 spiro atoms. The maximum Gasteiger partial charge on any atom is 0.404 e. The third kappa shape index (κ3) is 5.34. The summed E-state index contributed by atoms with van der Waals surface area (Å²) in [6.07, 6.45) is 2.72. The number of rotatable bonds is 7. The van der Waals surface area contributed by atoms with E-state index in [-0.39, 0.29) is 29.4 Å². The summed E-state index contributed by atoms with van der Waals surface area (Å²) in [5, 5.41) is 0. The Bertz CT molecular complexity index is 1260. The summed E-state index contributed by atoms with van der Waals surface area (Å²) in [6.45, 7) is 5.53. The standard InChI is InChI=1S/C24H33N5O6S/c1-13(33-4)36(31,32)29-23-27-20-18-10-9-17(34-15-5-7-16(8-6-15)35-22(26)30)11-14(18)12-24(2,3)19(20)21(25)28-23/h9-11,13,15-16H,5-8,12H2,1-4H3,(H2,26,30)(H3,25,27,28,29). The van der Waals surface area contributed by atoms with Gasteiger partial charge in [-0.05, 0) is 68.2 Å². The van der Waals surface area contributed by atoms with E-state index in [0.29, 0.717) is 25.0 Å². The molecule has 1 heterocycles. The van der Waals surface area contributed by atoms with Gasteiger partial charge in [0.15, 0.2) is 5.44 Å². The van der Waals surface area contributed by atoms with Crippen LogP contribution in [-0.4, -0.2) is 49.2 Å². The fourth-order valence-corrected chi connectivity index (χ4v) is 5.70. The predicted molar refractivity (Wildman–Crippen MR) is 135 cm³/mol. The summed E-state index contributed by atoms with van der Waals surface area (Å²) in [7, 11) is -2.54. The molecule has 1 amide bonds. The highest BCUT2D eigenvalue weighted by Crippen LogP contribution is 2.45. The quantitative estimate of drug-likeness (QED) is 0.497. The lowest BCUT2D eigenvalue weighted by atomic mass is 9.72. The summed E-state index contributed by atoms with van der Waals surface area (Å²) >= 11 is 0. The highest BCUT2D eigenvalue weighted by atomic mass is 32.2. The van der Waals surface area contributed by atoms with E-state index in [1.807, 2.05) is 18.2 Å². The Balaban J connectivity index is 1.60. The molecule has 1 unspecified atom stereocenters. The monoisotopic (exact) mass is 519 g/mol. The molecule has 12 heteroatoms. The lowest BCUT2D eigenvalue weighted by molar-refractivity contribution is 0.0469. The molecule has 1 aromatic heterocycles. The number of nitrogens with zero attached hydrogens (tertiary/aromatic N) is 2. The van der Waals surface area contributed by atoms with E-state index < -0.39 is 21.6 Å². The van der Waals surface area contributed by atoms with Crippen molar-refractivity contribution in [1.82, 2.24) is 9.97 Å². The van der Waals surface area contributed by atoms with Crippen LogP contribution >= 0.6 is 0 Å². The number of nitrogens with one attached hydrogen (secondary N) is 1. The SMILES string of the molecule is COC(C)S(=O)(=O)Nc1nc(N)c2c(n1)-c1ccc(OC3CCC(OC(N)=O)CC3)cc1CC2(C)C. The first-order valence-corrected chi connectivity index (χ1v) is 13.4. The number of amides is 1. The lowest BCUT2D eigenvalue weighted by Crippen LogP contribution is -2.32. The van der Waals surface area contributed by atoms with Crippen LogP contribution in [-0.2, 0) is 31.3 Å². The van der Waals surface area contributed by atoms with E-state index in [2.05, 4.69) is 28.5 Å². The van der Waals surface area contributed by atoms with Gasteiger partial charge in [-0.2, -0.15) is 4.98 Å². The predicted octanol–water partition coefficient (Wildman–Crippen LogP) is 3.08. The van der Waals surface area contributed by atoms with Crippen molar-refractivity contribution in [3.63, 3.8) is 0 Å². The molecule has 36 heavy (non-hydrogen) atoms. The second-order valence-corrected chi connectivity index (χ2v) is 11.9. The van der Waals surface area contributed by atoms with Crippen LogP contribution in [0.3, 0.4) is 0 Å². The van der Waals surface area contributed by atoms with Crippen molar-refractivity contribution in [2.75, 3.05) is 17.6 Å². The van der Waals surface area contributed by atoms with Crippen molar-refractivity contribution in [3.8, 4) is 17.0 Å². The smallest absolute Gasteiger partial charge is 0.404 e. The zero-order valence-corrected chi connectivity index (χ0v) is 21.7. The number of anilines is 2. The van der Waals surface area contributed by atoms with Gasteiger partial charge in [0.05, 0.1) is 11.8 Å². The fraction of sp³-hybridized carbons (Fsp3) is 0.542. The summed E-state index contributed by atoms with van der Waals surface area (Å²) in [5.74, 6) is 0.867. The average molecular weight is 520 g/mol. The number of benzene rings is 1. The number of nitrogen functional groups attached to an aromatic ring is 1. The Morgan fingerprint density at radius 1 is 1.17 bits per heavy atom. The van der Waals surface area contributed by atoms with Crippen LogP contribution in [0.1, 0.15) is 57.6 Å². The molecule has 11 nitrogen and oxygen atoms in total. The van der Waals surface area contributed by atoms with Gasteiger partial charge in [0, 0.05) is 18.2 Å². The Kier molecular flexibility index (Phi) is 7.02. The number of hydrogen-bond acceptors (Lipinski definition) is 9. The second kappa shape index (κ2) is 9.74. The first-order valence-electron chi connectivity index (χ1n) is 11.9. The molecule has 5 N–H and O–H groups in total. The average Bonchev–Trinajstić information content (AvgIpc) is 2.78. The minimum Gasteiger partial charge on any atom is -0.490 e. The number of aromatic nitrogens is 2. The summed E-state index contributed by atoms with van der Waals surface area (Å²) in [4.78, 5) is 19.8. The molecule has 2 aliphatic carbocycles. The van der Waals surface area contributed by atoms with E-state index in [4.69, 9.17) is 25.7 Å². The van der Waals surface area contributed by atoms with Crippen LogP contribution in [0.4, 0.5) is 16.6 Å². The minimum absolute atomic E-state index is 0.0152. The largest absolute Gasteiger partial charge is 0.490 e. The lowest BCUT2D eigenvalue weighted by Gasteiger charge is -2.34. The third-order valence-electron chi connectivity index (χ3n) is 6.79. The number of hydrogen-bond donors (Lipinski definition) is 3. The molecule has 1 saturated carbocycles. The Morgan fingerprint density at radius 3 is 2.47 bits per heavy atom. The van der Waals surface area contributed by atoms with Crippen molar-refractivity contribution in [2.24, 2.45) is 5.73 Å². The van der Waals surface area contributed by atoms with Crippen molar-refractivity contribution in [3.05, 3.63) is 29.3 Å². The molecule has 1 aromatic carbocycles. The van der Waals surface area contributed by atoms with Gasteiger partial charge in [-0.15, -0.1) is 0 Å². The molecule has 196 valence electrons. The molecule has 1 atom stereocenters. The van der Waals surface area contributed by atoms with Crippen molar-refractivity contribution < 1.29 is 27.4 Å². The number of primary amides is 1. The van der Waals surface area contributed by atoms with Crippen LogP contribution in [0.15, 0.2) is 18.2 Å². The normalized spacial score (nSPS) is 21.6. The molecule has 4 rings (SSSR count). The van der Waals surface area contributed by atoms with Gasteiger partial charge in [-0.3, -0.25) is 0 Å². The van der Waals surface area contributed by atoms with Gasteiger partial charge in [0.1, 0.15) is 17.7 Å². The van der Waals surface area contributed by atoms with Gasteiger partial charge >= 0.3 is 6.09 Å². The molecular weight excluding hydrogens is 486 g/mol. The van der Waals surface area contributed by atoms with E-state index in [0.717, 1.165) is 35.3 Å². The molecule has 0 radical (unpaired) electrons. The number of sulfonamides is 1. The number of carbonyl (C=O) groups excluding carboxylic acids is 1. The van der Waals surface area contributed by atoms with E-state index in [1.54, 1.807) is 0 Å². The van der Waals surface area contributed by atoms with E-state index in [1.165, 1.54) is 14.0 Å². The third-order valence-corrected chi connectivity index (χ3v) is 8.32. The van der Waals surface area contributed by atoms with Crippen molar-refractivity contribution in [1.29, 1.82) is 0 Å². The summed E-state index contributed by atoms with van der Waals surface area (Å²) in [6, 6.07) is 5.80. The van der Waals surface area contributed by atoms with Crippen molar-refractivity contribution in [2.45, 2.75) is 75.9 Å². The number of fused-ring (bicyclic) bond motifs is 3. The van der Waals surface area contributed by atoms with Crippen LogP contribution in [0.5, 0.6) is 5.75 Å². The summed E-state index contributed by atoms with van der Waals surface area (Å²) in [5.41, 5.74) is 13.2. The second-order valence-electron chi connectivity index (χ2n) is 9.94. The highest BCUT2D eigenvalue weighted by Gasteiger charge is 2.36. The zero-order chi connectivity index (χ0) is 26.3. The molecule has 1 fully saturated rings. The van der Waals surface area contributed by atoms with Crippen LogP contribution in [0.25, 0.3) is 11.3 Å². The zero-order valence-electron chi connectivity index (χ0n) is 20.9. The summed E-state index contributed by atoms with van der Waals surface area (Å²) < 4.78 is 43.6. The van der Waals surface area contributed by atoms with Gasteiger partial charge in [-0.1, -0.05) is 13.8 Å². The Morgan fingerprint density at radius 2 is 1.83 bits per heavy atom. The molecule has 2 aliphatic rings. The topological polar surface area (TPSA) is 169 Å². The first kappa shape index (κ1) is 26.0. The van der Waals surface area contributed by atoms with Crippen LogP contribution < -0.4 is 20.9 Å². The van der Waals surface area contributed by atoms with Gasteiger partial charge in [0.2, 0.25) is 5.95 Å². The van der Waals surface area contributed by atoms with Gasteiger partial charge < -0.3 is 25.7 Å². The number of nitrogens with two attached hydrogens (primary N) is 2. The van der Waals surface area contributed by atoms with Crippen molar-refractivity contribution >= 4 is 27.9 Å². The maximum absolute atomic E-state index is 12.5. The number of methoxy groups -OCH3 is 1. The molecule has 0 saturated heterocycles. The van der Waals surface area contributed by atoms with E-state index >= 15 is 0 Å². The maximum atomic E-state index is 12.5.